The number of pyridine rings is 1. The fraction of sp³-hybridized carbons (Fsp3) is 0.769. The van der Waals surface area contributed by atoms with Gasteiger partial charge >= 0.3 is 6.18 Å². The lowest BCUT2D eigenvalue weighted by Gasteiger charge is -2.43. The molecule has 1 aromatic heterocycles. The molecular weight excluding hydrogens is 497 g/mol. The van der Waals surface area contributed by atoms with Gasteiger partial charge in [-0.15, -0.1) is 0 Å². The number of ether oxygens (including phenoxy) is 2. The van der Waals surface area contributed by atoms with Crippen molar-refractivity contribution in [1.29, 1.82) is 0 Å². The second kappa shape index (κ2) is 10.4. The predicted molar refractivity (Wildman–Crippen MR) is 124 cm³/mol. The number of aromatic nitrogens is 1. The van der Waals surface area contributed by atoms with E-state index in [0.717, 1.165) is 25.1 Å². The first-order chi connectivity index (χ1) is 17.6. The summed E-state index contributed by atoms with van der Waals surface area (Å²) in [6.45, 7) is 0.940. The topological polar surface area (TPSA) is 54.9 Å². The van der Waals surface area contributed by atoms with Gasteiger partial charge in [0.2, 0.25) is 5.91 Å². The molecule has 0 bridgehead atoms. The summed E-state index contributed by atoms with van der Waals surface area (Å²) in [4.78, 5) is 21.6. The van der Waals surface area contributed by atoms with Gasteiger partial charge in [-0.1, -0.05) is 6.42 Å². The molecule has 5 atom stereocenters. The SMILES string of the molecule is CO[C@@H]1COCC[C@@H]1N(CC(F)F)[C@@H]1C[C@H]2CCC[C@@]2(C(=O)N2CCc3ncc(C(F)(F)F)cc3C2)C1. The number of carbonyl (C=O) groups is 1. The van der Waals surface area contributed by atoms with E-state index in [2.05, 4.69) is 4.98 Å². The molecule has 206 valence electrons. The number of hydrogen-bond acceptors (Lipinski definition) is 5. The highest BCUT2D eigenvalue weighted by molar-refractivity contribution is 5.84. The molecular formula is C26H34F5N3O3. The van der Waals surface area contributed by atoms with Crippen LogP contribution in [-0.2, 0) is 33.4 Å². The van der Waals surface area contributed by atoms with Gasteiger partial charge in [0.15, 0.2) is 0 Å². The minimum absolute atomic E-state index is 0.0483. The third-order valence-electron chi connectivity index (χ3n) is 9.01. The van der Waals surface area contributed by atoms with Gasteiger partial charge in [-0.25, -0.2) is 8.78 Å². The lowest BCUT2D eigenvalue weighted by atomic mass is 9.78. The number of carbonyl (C=O) groups excluding carboxylic acids is 1. The van der Waals surface area contributed by atoms with Crippen LogP contribution in [0.5, 0.6) is 0 Å². The van der Waals surface area contributed by atoms with Crippen molar-refractivity contribution in [1.82, 2.24) is 14.8 Å². The number of alkyl halides is 5. The Morgan fingerprint density at radius 1 is 1.35 bits per heavy atom. The van der Waals surface area contributed by atoms with Crippen molar-refractivity contribution in [2.24, 2.45) is 11.3 Å². The van der Waals surface area contributed by atoms with E-state index in [-0.39, 0.29) is 43.1 Å². The molecule has 2 saturated carbocycles. The average Bonchev–Trinajstić information content (AvgIpc) is 3.44. The Labute approximate surface area is 213 Å². The van der Waals surface area contributed by atoms with Crippen LogP contribution in [0.2, 0.25) is 0 Å². The highest BCUT2D eigenvalue weighted by Crippen LogP contribution is 2.57. The maximum Gasteiger partial charge on any atom is 0.417 e. The molecule has 1 saturated heterocycles. The first kappa shape index (κ1) is 26.7. The van der Waals surface area contributed by atoms with Gasteiger partial charge in [0, 0.05) is 57.2 Å². The molecule has 4 aliphatic rings. The molecule has 5 rings (SSSR count). The standard InChI is InChI=1S/C26H34F5N3O3/c1-36-22-15-37-8-5-21(22)34(14-23(27)28)19-10-17-3-2-6-25(17,11-19)24(35)33-7-4-20-16(13-33)9-18(12-32-20)26(29,30)31/h9,12,17,19,21-23H,2-8,10-11,13-15H2,1H3/t17-,19-,21+,22-,25-/m1/s1. The third-order valence-corrected chi connectivity index (χ3v) is 9.01. The van der Waals surface area contributed by atoms with Crippen LogP contribution in [-0.4, -0.2) is 78.7 Å². The minimum Gasteiger partial charge on any atom is -0.379 e. The molecule has 3 heterocycles. The quantitative estimate of drug-likeness (QED) is 0.513. The van der Waals surface area contributed by atoms with Gasteiger partial charge in [-0.05, 0) is 49.7 Å². The summed E-state index contributed by atoms with van der Waals surface area (Å²) in [7, 11) is 1.56. The Kier molecular flexibility index (Phi) is 7.50. The van der Waals surface area contributed by atoms with Crippen LogP contribution in [0.1, 0.15) is 55.3 Å². The highest BCUT2D eigenvalue weighted by atomic mass is 19.4. The van der Waals surface area contributed by atoms with Crippen LogP contribution in [0.4, 0.5) is 22.0 Å². The Bertz CT molecular complexity index is 993. The van der Waals surface area contributed by atoms with Gasteiger partial charge in [-0.3, -0.25) is 14.7 Å². The van der Waals surface area contributed by atoms with E-state index in [1.807, 2.05) is 4.90 Å². The van der Waals surface area contributed by atoms with E-state index in [1.165, 1.54) is 0 Å². The highest BCUT2D eigenvalue weighted by Gasteiger charge is 2.58. The van der Waals surface area contributed by atoms with Crippen LogP contribution in [0.15, 0.2) is 12.3 Å². The number of hydrogen-bond donors (Lipinski definition) is 0. The van der Waals surface area contributed by atoms with Gasteiger partial charge in [-0.2, -0.15) is 13.2 Å². The van der Waals surface area contributed by atoms with Gasteiger partial charge in [0.25, 0.3) is 6.43 Å². The van der Waals surface area contributed by atoms with Crippen molar-refractivity contribution >= 4 is 5.91 Å². The molecule has 1 aromatic rings. The van der Waals surface area contributed by atoms with E-state index in [1.54, 1.807) is 12.0 Å². The lowest BCUT2D eigenvalue weighted by Crippen LogP contribution is -2.55. The molecule has 37 heavy (non-hydrogen) atoms. The number of halogens is 5. The van der Waals surface area contributed by atoms with E-state index in [4.69, 9.17) is 9.47 Å². The van der Waals surface area contributed by atoms with E-state index in [0.29, 0.717) is 63.1 Å². The number of amides is 1. The van der Waals surface area contributed by atoms with Gasteiger partial charge in [0.05, 0.1) is 30.2 Å². The zero-order valence-electron chi connectivity index (χ0n) is 21.0. The van der Waals surface area contributed by atoms with Crippen molar-refractivity contribution in [3.8, 4) is 0 Å². The maximum absolute atomic E-state index is 14.1. The molecule has 1 amide bonds. The van der Waals surface area contributed by atoms with Gasteiger partial charge < -0.3 is 14.4 Å². The molecule has 2 aliphatic carbocycles. The van der Waals surface area contributed by atoms with Crippen LogP contribution in [0.25, 0.3) is 0 Å². The van der Waals surface area contributed by atoms with E-state index < -0.39 is 23.6 Å². The lowest BCUT2D eigenvalue weighted by molar-refractivity contribution is -0.145. The zero-order chi connectivity index (χ0) is 26.4. The van der Waals surface area contributed by atoms with Gasteiger partial charge in [0.1, 0.15) is 0 Å². The fourth-order valence-electron chi connectivity index (χ4n) is 7.30. The molecule has 2 aliphatic heterocycles. The number of rotatable bonds is 6. The summed E-state index contributed by atoms with van der Waals surface area (Å²) in [5.74, 6) is 0.0277. The van der Waals surface area contributed by atoms with E-state index in [9.17, 15) is 26.7 Å². The smallest absolute Gasteiger partial charge is 0.379 e. The molecule has 11 heteroatoms. The molecule has 0 N–H and O–H groups in total. The summed E-state index contributed by atoms with van der Waals surface area (Å²) in [6, 6.07) is 0.709. The third kappa shape index (κ3) is 5.11. The Balaban J connectivity index is 1.37. The molecule has 0 spiro atoms. The summed E-state index contributed by atoms with van der Waals surface area (Å²) in [5.41, 5.74) is -0.453. The van der Waals surface area contributed by atoms with Crippen LogP contribution >= 0.6 is 0 Å². The van der Waals surface area contributed by atoms with Crippen LogP contribution < -0.4 is 0 Å². The van der Waals surface area contributed by atoms with Crippen LogP contribution in [0, 0.1) is 11.3 Å². The van der Waals surface area contributed by atoms with E-state index >= 15 is 0 Å². The predicted octanol–water partition coefficient (Wildman–Crippen LogP) is 4.31. The first-order valence-corrected chi connectivity index (χ1v) is 13.1. The van der Waals surface area contributed by atoms with Crippen molar-refractivity contribution in [2.75, 3.05) is 33.4 Å². The van der Waals surface area contributed by atoms with Crippen molar-refractivity contribution in [3.05, 3.63) is 29.1 Å². The number of fused-ring (bicyclic) bond motifs is 2. The van der Waals surface area contributed by atoms with Crippen molar-refractivity contribution in [3.63, 3.8) is 0 Å². The largest absolute Gasteiger partial charge is 0.417 e. The average molecular weight is 532 g/mol. The second-order valence-corrected chi connectivity index (χ2v) is 10.9. The normalized spacial score (nSPS) is 32.2. The Hall–Kier alpha value is -1.85. The van der Waals surface area contributed by atoms with Crippen molar-refractivity contribution < 1.29 is 36.2 Å². The molecule has 6 nitrogen and oxygen atoms in total. The molecule has 0 aromatic carbocycles. The molecule has 0 radical (unpaired) electrons. The first-order valence-electron chi connectivity index (χ1n) is 13.1. The molecule has 3 fully saturated rings. The Morgan fingerprint density at radius 3 is 2.89 bits per heavy atom. The summed E-state index contributed by atoms with van der Waals surface area (Å²) < 4.78 is 78.3. The minimum atomic E-state index is -4.50. The summed E-state index contributed by atoms with van der Waals surface area (Å²) in [5, 5.41) is 0. The number of methoxy groups -OCH3 is 1. The van der Waals surface area contributed by atoms with Crippen molar-refractivity contribution in [2.45, 2.75) is 82.3 Å². The summed E-state index contributed by atoms with van der Waals surface area (Å²) >= 11 is 0. The number of nitrogens with zero attached hydrogens (tertiary/aromatic N) is 3. The zero-order valence-corrected chi connectivity index (χ0v) is 21.0. The monoisotopic (exact) mass is 531 g/mol. The summed E-state index contributed by atoms with van der Waals surface area (Å²) in [6.07, 6.45) is -1.90. The fourth-order valence-corrected chi connectivity index (χ4v) is 7.30. The van der Waals surface area contributed by atoms with Crippen LogP contribution in [0.3, 0.4) is 0 Å². The maximum atomic E-state index is 14.1. The molecule has 0 unspecified atom stereocenters. The second-order valence-electron chi connectivity index (χ2n) is 10.9. The Morgan fingerprint density at radius 2 is 2.16 bits per heavy atom.